The first-order valence-electron chi connectivity index (χ1n) is 9.46. The molecule has 0 saturated heterocycles. The zero-order valence-electron chi connectivity index (χ0n) is 17.0. The van der Waals surface area contributed by atoms with Gasteiger partial charge in [-0.25, -0.2) is 4.98 Å². The molecule has 0 N–H and O–H groups in total. The molecule has 0 fully saturated rings. The maximum absolute atomic E-state index is 12.9. The lowest BCUT2D eigenvalue weighted by Gasteiger charge is -2.19. The highest BCUT2D eigenvalue weighted by atomic mass is 32.2. The number of rotatable bonds is 7. The van der Waals surface area contributed by atoms with Gasteiger partial charge in [0.1, 0.15) is 13.2 Å². The summed E-state index contributed by atoms with van der Waals surface area (Å²) in [5.74, 6) is 2.15. The van der Waals surface area contributed by atoms with Crippen LogP contribution in [-0.4, -0.2) is 48.5 Å². The molecule has 8 nitrogen and oxygen atoms in total. The largest absolute Gasteiger partial charge is 0.493 e. The van der Waals surface area contributed by atoms with Crippen LogP contribution in [0.4, 0.5) is 0 Å². The molecule has 0 aliphatic carbocycles. The number of hydrogen-bond donors (Lipinski definition) is 0. The van der Waals surface area contributed by atoms with Crippen LogP contribution in [0.25, 0.3) is 5.69 Å². The van der Waals surface area contributed by atoms with E-state index in [0.29, 0.717) is 47.5 Å². The van der Waals surface area contributed by atoms with Crippen LogP contribution in [0, 0.1) is 0 Å². The maximum atomic E-state index is 12.9. The molecule has 160 valence electrons. The third-order valence-electron chi connectivity index (χ3n) is 4.66. The number of carbonyl (C=O) groups excluding carboxylic acids is 1. The van der Waals surface area contributed by atoms with Crippen molar-refractivity contribution in [2.75, 3.05) is 33.2 Å². The average Bonchev–Trinajstić information content (AvgIpc) is 2.82. The normalized spacial score (nSPS) is 12.3. The van der Waals surface area contributed by atoms with Gasteiger partial charge in [0.2, 0.25) is 0 Å². The van der Waals surface area contributed by atoms with Crippen molar-refractivity contribution in [3.63, 3.8) is 0 Å². The second-order valence-electron chi connectivity index (χ2n) is 6.52. The van der Waals surface area contributed by atoms with Gasteiger partial charge in [-0.15, -0.1) is 0 Å². The van der Waals surface area contributed by atoms with E-state index in [9.17, 15) is 9.59 Å². The third kappa shape index (κ3) is 4.36. The third-order valence-corrected chi connectivity index (χ3v) is 5.62. The van der Waals surface area contributed by atoms with Gasteiger partial charge in [0.05, 0.1) is 25.7 Å². The van der Waals surface area contributed by atoms with Crippen molar-refractivity contribution in [2.45, 2.75) is 5.03 Å². The van der Waals surface area contributed by atoms with Gasteiger partial charge in [0.25, 0.3) is 5.56 Å². The molecule has 2 heterocycles. The number of ketones is 1. The van der Waals surface area contributed by atoms with Gasteiger partial charge in [-0.2, -0.15) is 0 Å². The first-order chi connectivity index (χ1) is 15.1. The minimum atomic E-state index is -0.315. The van der Waals surface area contributed by atoms with Gasteiger partial charge in [0, 0.05) is 24.0 Å². The fraction of sp³-hybridized carbons (Fsp3) is 0.227. The molecular formula is C22H20N2O6S. The van der Waals surface area contributed by atoms with Crippen LogP contribution in [0.3, 0.4) is 0 Å². The van der Waals surface area contributed by atoms with Crippen LogP contribution in [0.1, 0.15) is 10.4 Å². The van der Waals surface area contributed by atoms with E-state index >= 15 is 0 Å². The minimum absolute atomic E-state index is 0.0584. The van der Waals surface area contributed by atoms with E-state index in [1.165, 1.54) is 25.0 Å². The zero-order chi connectivity index (χ0) is 21.8. The summed E-state index contributed by atoms with van der Waals surface area (Å²) in [5, 5.41) is 0.228. The van der Waals surface area contributed by atoms with E-state index < -0.39 is 0 Å². The van der Waals surface area contributed by atoms with Crippen LogP contribution < -0.4 is 24.5 Å². The standard InChI is InChI=1S/C22H20N2O6S/c1-27-17-5-3-14(11-19(17)28-2)16(25)13-31-21-22(26)24(8-7-23-21)15-4-6-18-20(12-15)30-10-9-29-18/h3-8,11-12H,9-10,13H2,1-2H3. The van der Waals surface area contributed by atoms with E-state index in [1.54, 1.807) is 42.6 Å². The SMILES string of the molecule is COc1ccc(C(=O)CSc2nccn(-c3ccc4c(c3)OCCO4)c2=O)cc1OC. The molecule has 1 aromatic heterocycles. The topological polar surface area (TPSA) is 88.9 Å². The van der Waals surface area contributed by atoms with E-state index in [-0.39, 0.29) is 22.1 Å². The molecule has 1 aliphatic rings. The maximum Gasteiger partial charge on any atom is 0.287 e. The van der Waals surface area contributed by atoms with Crippen LogP contribution >= 0.6 is 11.8 Å². The first-order valence-corrected chi connectivity index (χ1v) is 10.4. The lowest BCUT2D eigenvalue weighted by atomic mass is 10.1. The Morgan fingerprint density at radius 3 is 2.61 bits per heavy atom. The number of benzene rings is 2. The fourth-order valence-corrected chi connectivity index (χ4v) is 3.90. The van der Waals surface area contributed by atoms with Crippen molar-refractivity contribution in [3.05, 3.63) is 64.7 Å². The Hall–Kier alpha value is -3.46. The molecule has 3 aromatic rings. The highest BCUT2D eigenvalue weighted by molar-refractivity contribution is 7.99. The molecule has 0 unspecified atom stereocenters. The summed E-state index contributed by atoms with van der Waals surface area (Å²) in [5.41, 5.74) is 0.780. The molecule has 31 heavy (non-hydrogen) atoms. The van der Waals surface area contributed by atoms with Crippen LogP contribution in [0.2, 0.25) is 0 Å². The quantitative estimate of drug-likeness (QED) is 0.409. The summed E-state index contributed by atoms with van der Waals surface area (Å²) >= 11 is 1.09. The molecule has 0 bridgehead atoms. The number of carbonyl (C=O) groups is 1. The van der Waals surface area contributed by atoms with E-state index in [0.717, 1.165) is 11.8 Å². The molecule has 0 spiro atoms. The van der Waals surface area contributed by atoms with Crippen LogP contribution in [0.15, 0.2) is 58.6 Å². The summed E-state index contributed by atoms with van der Waals surface area (Å²) in [6, 6.07) is 10.2. The first kappa shape index (κ1) is 20.8. The number of Topliss-reactive ketones (excluding diaryl/α,β-unsaturated/α-hetero) is 1. The Kier molecular flexibility index (Phi) is 6.13. The monoisotopic (exact) mass is 440 g/mol. The molecule has 9 heteroatoms. The molecular weight excluding hydrogens is 420 g/mol. The smallest absolute Gasteiger partial charge is 0.287 e. The van der Waals surface area contributed by atoms with Crippen molar-refractivity contribution < 1.29 is 23.7 Å². The number of thioether (sulfide) groups is 1. The Balaban J connectivity index is 1.53. The van der Waals surface area contributed by atoms with Gasteiger partial charge < -0.3 is 18.9 Å². The number of hydrogen-bond acceptors (Lipinski definition) is 8. The highest BCUT2D eigenvalue weighted by Gasteiger charge is 2.16. The molecule has 0 saturated carbocycles. The van der Waals surface area contributed by atoms with Crippen molar-refractivity contribution in [2.24, 2.45) is 0 Å². The molecule has 0 amide bonds. The van der Waals surface area contributed by atoms with Gasteiger partial charge in [-0.1, -0.05) is 11.8 Å². The Morgan fingerprint density at radius 2 is 1.84 bits per heavy atom. The molecule has 0 atom stereocenters. The van der Waals surface area contributed by atoms with Crippen molar-refractivity contribution in [1.82, 2.24) is 9.55 Å². The zero-order valence-corrected chi connectivity index (χ0v) is 17.8. The summed E-state index contributed by atoms with van der Waals surface area (Å²) in [4.78, 5) is 29.7. The van der Waals surface area contributed by atoms with Crippen molar-refractivity contribution >= 4 is 17.5 Å². The minimum Gasteiger partial charge on any atom is -0.493 e. The Bertz CT molecular complexity index is 1180. The number of nitrogens with zero attached hydrogens (tertiary/aromatic N) is 2. The molecule has 0 radical (unpaired) electrons. The highest BCUT2D eigenvalue weighted by Crippen LogP contribution is 2.32. The summed E-state index contributed by atoms with van der Waals surface area (Å²) in [6.07, 6.45) is 3.11. The number of fused-ring (bicyclic) bond motifs is 1. The van der Waals surface area contributed by atoms with Gasteiger partial charge in [-0.3, -0.25) is 14.2 Å². The number of ether oxygens (including phenoxy) is 4. The van der Waals surface area contributed by atoms with Crippen LogP contribution in [0.5, 0.6) is 23.0 Å². The average molecular weight is 440 g/mol. The van der Waals surface area contributed by atoms with E-state index in [1.807, 2.05) is 0 Å². The predicted octanol–water partition coefficient (Wildman–Crippen LogP) is 3.00. The fourth-order valence-electron chi connectivity index (χ4n) is 3.10. The Morgan fingerprint density at radius 1 is 1.06 bits per heavy atom. The lowest BCUT2D eigenvalue weighted by Crippen LogP contribution is -2.22. The Labute approximate surface area is 182 Å². The summed E-state index contributed by atoms with van der Waals surface area (Å²) in [7, 11) is 3.04. The second-order valence-corrected chi connectivity index (χ2v) is 7.48. The summed E-state index contributed by atoms with van der Waals surface area (Å²) in [6.45, 7) is 0.956. The number of aromatic nitrogens is 2. The van der Waals surface area contributed by atoms with Gasteiger partial charge in [0.15, 0.2) is 33.8 Å². The van der Waals surface area contributed by atoms with Gasteiger partial charge in [-0.05, 0) is 30.3 Å². The van der Waals surface area contributed by atoms with Crippen molar-refractivity contribution in [3.8, 4) is 28.7 Å². The van der Waals surface area contributed by atoms with Crippen molar-refractivity contribution in [1.29, 1.82) is 0 Å². The molecule has 1 aliphatic heterocycles. The lowest BCUT2D eigenvalue weighted by molar-refractivity contribution is 0.102. The van der Waals surface area contributed by atoms with Gasteiger partial charge >= 0.3 is 0 Å². The number of methoxy groups -OCH3 is 2. The molecule has 4 rings (SSSR count). The van der Waals surface area contributed by atoms with E-state index in [4.69, 9.17) is 18.9 Å². The summed E-state index contributed by atoms with van der Waals surface area (Å²) < 4.78 is 23.0. The van der Waals surface area contributed by atoms with Crippen LogP contribution in [-0.2, 0) is 0 Å². The molecule has 2 aromatic carbocycles. The predicted molar refractivity (Wildman–Crippen MR) is 115 cm³/mol. The second kappa shape index (κ2) is 9.13. The van der Waals surface area contributed by atoms with E-state index in [2.05, 4.69) is 4.98 Å².